The van der Waals surface area contributed by atoms with E-state index < -0.39 is 26.4 Å². The molecule has 0 saturated carbocycles. The summed E-state index contributed by atoms with van der Waals surface area (Å²) in [6, 6.07) is 1.01. The molecule has 0 unspecified atom stereocenters. The van der Waals surface area contributed by atoms with Gasteiger partial charge in [0, 0.05) is 6.26 Å². The van der Waals surface area contributed by atoms with Crippen LogP contribution in [0.5, 0.6) is 0 Å². The summed E-state index contributed by atoms with van der Waals surface area (Å²) in [6.07, 6.45) is 2.52. The highest BCUT2D eigenvalue weighted by Crippen LogP contribution is 2.33. The quantitative estimate of drug-likeness (QED) is 0.799. The number of halogens is 2. The Bertz CT molecular complexity index is 694. The molecule has 2 rings (SSSR count). The average Bonchev–Trinajstić information content (AvgIpc) is 2.58. The third-order valence-corrected chi connectivity index (χ3v) is 5.16. The SMILES string of the molecule is CSc1nc2c(F)c(S(C)(=O)=O)c(F)cc2s1. The van der Waals surface area contributed by atoms with Crippen LogP contribution in [0.25, 0.3) is 10.2 Å². The van der Waals surface area contributed by atoms with Crippen molar-refractivity contribution in [2.75, 3.05) is 12.5 Å². The Kier molecular flexibility index (Phi) is 3.13. The minimum absolute atomic E-state index is 0.0961. The van der Waals surface area contributed by atoms with Gasteiger partial charge in [-0.15, -0.1) is 11.3 Å². The van der Waals surface area contributed by atoms with Crippen molar-refractivity contribution >= 4 is 43.2 Å². The number of thiazole rings is 1. The van der Waals surface area contributed by atoms with Gasteiger partial charge < -0.3 is 0 Å². The highest BCUT2D eigenvalue weighted by Gasteiger charge is 2.24. The molecule has 1 aromatic carbocycles. The van der Waals surface area contributed by atoms with Crippen LogP contribution in [0.4, 0.5) is 8.78 Å². The zero-order valence-electron chi connectivity index (χ0n) is 8.82. The lowest BCUT2D eigenvalue weighted by Crippen LogP contribution is -2.04. The topological polar surface area (TPSA) is 47.0 Å². The normalized spacial score (nSPS) is 12.2. The summed E-state index contributed by atoms with van der Waals surface area (Å²) < 4.78 is 50.9. The number of aromatic nitrogens is 1. The van der Waals surface area contributed by atoms with Gasteiger partial charge in [-0.2, -0.15) is 0 Å². The van der Waals surface area contributed by atoms with E-state index in [1.54, 1.807) is 6.26 Å². The van der Waals surface area contributed by atoms with Crippen LogP contribution < -0.4 is 0 Å². The largest absolute Gasteiger partial charge is 0.227 e. The van der Waals surface area contributed by atoms with Gasteiger partial charge in [0.25, 0.3) is 0 Å². The van der Waals surface area contributed by atoms with Crippen LogP contribution in [0.2, 0.25) is 0 Å². The molecular weight excluding hydrogens is 288 g/mol. The summed E-state index contributed by atoms with van der Waals surface area (Å²) in [4.78, 5) is 3.01. The predicted molar refractivity (Wildman–Crippen MR) is 64.4 cm³/mol. The number of thioether (sulfide) groups is 1. The highest BCUT2D eigenvalue weighted by molar-refractivity contribution is 8.00. The molecule has 0 aliphatic heterocycles. The number of rotatable bonds is 2. The van der Waals surface area contributed by atoms with Crippen LogP contribution in [-0.2, 0) is 9.84 Å². The fourth-order valence-electron chi connectivity index (χ4n) is 1.39. The van der Waals surface area contributed by atoms with Gasteiger partial charge in [0.2, 0.25) is 0 Å². The van der Waals surface area contributed by atoms with E-state index in [1.165, 1.54) is 11.8 Å². The number of sulfone groups is 1. The van der Waals surface area contributed by atoms with E-state index in [1.807, 2.05) is 0 Å². The van der Waals surface area contributed by atoms with Crippen molar-refractivity contribution in [1.29, 1.82) is 0 Å². The first-order valence-electron chi connectivity index (χ1n) is 4.37. The van der Waals surface area contributed by atoms with Crippen LogP contribution in [0.3, 0.4) is 0 Å². The summed E-state index contributed by atoms with van der Waals surface area (Å²) in [5.74, 6) is -2.19. The van der Waals surface area contributed by atoms with Crippen LogP contribution in [0.1, 0.15) is 0 Å². The lowest BCUT2D eigenvalue weighted by Gasteiger charge is -2.02. The summed E-state index contributed by atoms with van der Waals surface area (Å²) in [7, 11) is -3.95. The Labute approximate surface area is 105 Å². The number of benzene rings is 1. The molecule has 3 nitrogen and oxygen atoms in total. The monoisotopic (exact) mass is 295 g/mol. The van der Waals surface area contributed by atoms with E-state index in [0.717, 1.165) is 23.7 Å². The van der Waals surface area contributed by atoms with Crippen molar-refractivity contribution in [3.05, 3.63) is 17.7 Å². The number of hydrogen-bond donors (Lipinski definition) is 0. The average molecular weight is 295 g/mol. The summed E-state index contributed by atoms with van der Waals surface area (Å²) in [6.45, 7) is 0. The second-order valence-electron chi connectivity index (χ2n) is 3.30. The first-order valence-corrected chi connectivity index (χ1v) is 8.30. The second-order valence-corrected chi connectivity index (χ2v) is 7.34. The maximum atomic E-state index is 13.9. The summed E-state index contributed by atoms with van der Waals surface area (Å²) >= 11 is 2.41. The molecule has 0 saturated heterocycles. The molecule has 17 heavy (non-hydrogen) atoms. The molecule has 8 heteroatoms. The first kappa shape index (κ1) is 12.7. The van der Waals surface area contributed by atoms with Gasteiger partial charge in [-0.3, -0.25) is 0 Å². The van der Waals surface area contributed by atoms with E-state index in [-0.39, 0.29) is 5.52 Å². The molecule has 0 atom stereocenters. The smallest absolute Gasteiger partial charge is 0.181 e. The van der Waals surface area contributed by atoms with Gasteiger partial charge in [0.15, 0.2) is 20.0 Å². The van der Waals surface area contributed by atoms with E-state index in [4.69, 9.17) is 0 Å². The molecule has 1 heterocycles. The lowest BCUT2D eigenvalue weighted by atomic mass is 10.3. The van der Waals surface area contributed by atoms with Gasteiger partial charge in [-0.25, -0.2) is 22.2 Å². The zero-order chi connectivity index (χ0) is 12.8. The van der Waals surface area contributed by atoms with Crippen LogP contribution in [0, 0.1) is 11.6 Å². The molecule has 0 radical (unpaired) electrons. The van der Waals surface area contributed by atoms with Gasteiger partial charge >= 0.3 is 0 Å². The maximum Gasteiger partial charge on any atom is 0.181 e. The molecule has 0 aliphatic rings. The Balaban J connectivity index is 2.89. The fraction of sp³-hybridized carbons (Fsp3) is 0.222. The standard InChI is InChI=1S/C9H7F2NO2S3/c1-15-9-12-7-5(16-9)3-4(10)8(6(7)11)17(2,13)14/h3H,1-2H3. The third kappa shape index (κ3) is 2.16. The van der Waals surface area contributed by atoms with Crippen molar-refractivity contribution in [3.8, 4) is 0 Å². The van der Waals surface area contributed by atoms with Crippen LogP contribution >= 0.6 is 23.1 Å². The van der Waals surface area contributed by atoms with Crippen molar-refractivity contribution in [1.82, 2.24) is 4.98 Å². The summed E-state index contributed by atoms with van der Waals surface area (Å²) in [5, 5.41) is 0. The zero-order valence-corrected chi connectivity index (χ0v) is 11.3. The maximum absolute atomic E-state index is 13.9. The van der Waals surface area contributed by atoms with Crippen molar-refractivity contribution < 1.29 is 17.2 Å². The Morgan fingerprint density at radius 1 is 1.41 bits per heavy atom. The summed E-state index contributed by atoms with van der Waals surface area (Å²) in [5.41, 5.74) is -0.0961. The second kappa shape index (κ2) is 4.18. The van der Waals surface area contributed by atoms with Gasteiger partial charge in [0.05, 0.1) is 4.70 Å². The van der Waals surface area contributed by atoms with Crippen LogP contribution in [0.15, 0.2) is 15.3 Å². The van der Waals surface area contributed by atoms with E-state index in [9.17, 15) is 17.2 Å². The minimum Gasteiger partial charge on any atom is -0.227 e. The molecule has 0 bridgehead atoms. The molecule has 0 fully saturated rings. The first-order chi connectivity index (χ1) is 7.84. The molecule has 2 aromatic rings. The van der Waals surface area contributed by atoms with Crippen molar-refractivity contribution in [2.24, 2.45) is 0 Å². The number of nitrogens with zero attached hydrogens (tertiary/aromatic N) is 1. The highest BCUT2D eigenvalue weighted by atomic mass is 32.2. The molecule has 0 N–H and O–H groups in total. The van der Waals surface area contributed by atoms with Crippen molar-refractivity contribution in [3.63, 3.8) is 0 Å². The van der Waals surface area contributed by atoms with Gasteiger partial charge in [-0.05, 0) is 12.3 Å². The number of fused-ring (bicyclic) bond motifs is 1. The fourth-order valence-corrected chi connectivity index (χ4v) is 3.73. The predicted octanol–water partition coefficient (Wildman–Crippen LogP) is 2.70. The van der Waals surface area contributed by atoms with Crippen molar-refractivity contribution in [2.45, 2.75) is 9.24 Å². The molecule has 1 aromatic heterocycles. The van der Waals surface area contributed by atoms with Gasteiger partial charge in [0.1, 0.15) is 16.2 Å². The van der Waals surface area contributed by atoms with E-state index in [2.05, 4.69) is 4.98 Å². The van der Waals surface area contributed by atoms with E-state index in [0.29, 0.717) is 9.04 Å². The van der Waals surface area contributed by atoms with Crippen LogP contribution in [-0.4, -0.2) is 25.9 Å². The third-order valence-electron chi connectivity index (χ3n) is 2.06. The Morgan fingerprint density at radius 2 is 2.06 bits per heavy atom. The van der Waals surface area contributed by atoms with Gasteiger partial charge in [-0.1, -0.05) is 11.8 Å². The molecule has 0 amide bonds. The molecule has 92 valence electrons. The molecule has 0 aliphatic carbocycles. The molecule has 0 spiro atoms. The minimum atomic E-state index is -3.95. The molecular formula is C9H7F2NO2S3. The Morgan fingerprint density at radius 3 is 2.59 bits per heavy atom. The number of hydrogen-bond acceptors (Lipinski definition) is 5. The lowest BCUT2D eigenvalue weighted by molar-refractivity contribution is 0.527. The van der Waals surface area contributed by atoms with E-state index >= 15 is 0 Å². The Hall–Kier alpha value is -0.730.